The molecule has 2 N–H and O–H groups in total. The average molecular weight is 542 g/mol. The molecule has 1 saturated heterocycles. The van der Waals surface area contributed by atoms with E-state index in [9.17, 15) is 26.4 Å². The SMILES string of the molecule is CNS(=O)(=O)c1ccc(-c2cc(C(=O)NC3CCOCC3)c(C)n2CC2CCCCC2)cc1C(F)(F)F. The summed E-state index contributed by atoms with van der Waals surface area (Å²) in [6.45, 7) is 3.54. The Morgan fingerprint density at radius 2 is 1.76 bits per heavy atom. The fourth-order valence-corrected chi connectivity index (χ4v) is 6.27. The molecule has 2 heterocycles. The number of halogens is 3. The number of nitrogens with zero attached hydrogens (tertiary/aromatic N) is 1. The number of amides is 1. The van der Waals surface area contributed by atoms with Crippen molar-refractivity contribution in [2.24, 2.45) is 5.92 Å². The molecule has 37 heavy (non-hydrogen) atoms. The van der Waals surface area contributed by atoms with Crippen molar-refractivity contribution < 1.29 is 31.1 Å². The summed E-state index contributed by atoms with van der Waals surface area (Å²) in [5.41, 5.74) is 0.546. The molecule has 0 spiro atoms. The molecular formula is C26H34F3N3O4S. The van der Waals surface area contributed by atoms with E-state index in [1.165, 1.54) is 12.5 Å². The lowest BCUT2D eigenvalue weighted by atomic mass is 9.89. The minimum atomic E-state index is -4.88. The molecule has 1 aliphatic heterocycles. The van der Waals surface area contributed by atoms with Gasteiger partial charge in [0.15, 0.2) is 0 Å². The largest absolute Gasteiger partial charge is 0.417 e. The van der Waals surface area contributed by atoms with E-state index < -0.39 is 26.7 Å². The number of rotatable bonds is 7. The van der Waals surface area contributed by atoms with E-state index in [1.807, 2.05) is 16.2 Å². The van der Waals surface area contributed by atoms with Crippen LogP contribution in [0.1, 0.15) is 66.6 Å². The van der Waals surface area contributed by atoms with Gasteiger partial charge in [-0.15, -0.1) is 0 Å². The first-order chi connectivity index (χ1) is 17.5. The normalized spacial score (nSPS) is 18.2. The standard InChI is InChI=1S/C26H34F3N3O4S/c1-17-21(25(33)31-20-10-12-36-13-11-20)15-23(32(17)16-18-6-4-3-5-7-18)19-8-9-24(37(34,35)30-2)22(14-19)26(27,28)29/h8-9,14-15,18,20,30H,3-7,10-13,16H2,1-2H3,(H,31,33). The lowest BCUT2D eigenvalue weighted by Crippen LogP contribution is -2.39. The fraction of sp³-hybridized carbons (Fsp3) is 0.577. The highest BCUT2D eigenvalue weighted by Gasteiger charge is 2.37. The van der Waals surface area contributed by atoms with E-state index in [1.54, 1.807) is 6.07 Å². The van der Waals surface area contributed by atoms with Crippen molar-refractivity contribution in [1.29, 1.82) is 0 Å². The predicted octanol–water partition coefficient (Wildman–Crippen LogP) is 4.88. The first kappa shape index (κ1) is 27.7. The van der Waals surface area contributed by atoms with Gasteiger partial charge in [0, 0.05) is 37.2 Å². The Morgan fingerprint density at radius 3 is 2.38 bits per heavy atom. The summed E-state index contributed by atoms with van der Waals surface area (Å²) in [7, 11) is -3.25. The summed E-state index contributed by atoms with van der Waals surface area (Å²) < 4.78 is 75.8. The molecule has 1 aliphatic carbocycles. The van der Waals surface area contributed by atoms with Crippen LogP contribution < -0.4 is 10.0 Å². The maximum atomic E-state index is 14.0. The number of ether oxygens (including phenoxy) is 1. The number of carbonyl (C=O) groups is 1. The average Bonchev–Trinajstić information content (AvgIpc) is 3.20. The van der Waals surface area contributed by atoms with Gasteiger partial charge in [-0.05, 0) is 69.3 Å². The molecule has 1 aromatic heterocycles. The number of benzene rings is 1. The minimum Gasteiger partial charge on any atom is -0.381 e. The third-order valence-electron chi connectivity index (χ3n) is 7.47. The Kier molecular flexibility index (Phi) is 8.35. The molecule has 1 saturated carbocycles. The zero-order valence-corrected chi connectivity index (χ0v) is 22.0. The van der Waals surface area contributed by atoms with Crippen LogP contribution in [-0.2, 0) is 27.5 Å². The molecule has 1 aromatic carbocycles. The van der Waals surface area contributed by atoms with Crippen LogP contribution in [0.3, 0.4) is 0 Å². The Balaban J connectivity index is 1.78. The molecule has 1 amide bonds. The maximum absolute atomic E-state index is 14.0. The van der Waals surface area contributed by atoms with Crippen LogP contribution >= 0.6 is 0 Å². The molecule has 7 nitrogen and oxygen atoms in total. The van der Waals surface area contributed by atoms with Crippen molar-refractivity contribution >= 4 is 15.9 Å². The second kappa shape index (κ2) is 11.2. The van der Waals surface area contributed by atoms with E-state index in [0.29, 0.717) is 55.5 Å². The number of nitrogens with one attached hydrogen (secondary N) is 2. The van der Waals surface area contributed by atoms with Crippen molar-refractivity contribution in [1.82, 2.24) is 14.6 Å². The van der Waals surface area contributed by atoms with E-state index >= 15 is 0 Å². The van der Waals surface area contributed by atoms with Crippen molar-refractivity contribution in [2.45, 2.75) is 75.5 Å². The van der Waals surface area contributed by atoms with Gasteiger partial charge in [0.05, 0.1) is 16.0 Å². The third-order valence-corrected chi connectivity index (χ3v) is 8.94. The monoisotopic (exact) mass is 541 g/mol. The lowest BCUT2D eigenvalue weighted by Gasteiger charge is -2.25. The summed E-state index contributed by atoms with van der Waals surface area (Å²) in [6.07, 6.45) is 1.95. The number of hydrogen-bond acceptors (Lipinski definition) is 4. The van der Waals surface area contributed by atoms with Gasteiger partial charge in [0.2, 0.25) is 10.0 Å². The molecule has 2 aromatic rings. The Bertz CT molecular complexity index is 1230. The van der Waals surface area contributed by atoms with Crippen molar-refractivity contribution in [3.8, 4) is 11.3 Å². The van der Waals surface area contributed by atoms with Crippen LogP contribution in [0.5, 0.6) is 0 Å². The Labute approximate surface area is 215 Å². The van der Waals surface area contributed by atoms with Crippen LogP contribution in [0.2, 0.25) is 0 Å². The van der Waals surface area contributed by atoms with Gasteiger partial charge in [-0.1, -0.05) is 25.3 Å². The number of sulfonamides is 1. The van der Waals surface area contributed by atoms with Gasteiger partial charge >= 0.3 is 6.18 Å². The van der Waals surface area contributed by atoms with Gasteiger partial charge < -0.3 is 14.6 Å². The molecule has 204 valence electrons. The van der Waals surface area contributed by atoms with Crippen molar-refractivity contribution in [3.63, 3.8) is 0 Å². The maximum Gasteiger partial charge on any atom is 0.417 e. The molecule has 2 fully saturated rings. The predicted molar refractivity (Wildman–Crippen MR) is 134 cm³/mol. The smallest absolute Gasteiger partial charge is 0.381 e. The second-order valence-corrected chi connectivity index (χ2v) is 11.8. The molecular weight excluding hydrogens is 507 g/mol. The lowest BCUT2D eigenvalue weighted by molar-refractivity contribution is -0.139. The first-order valence-corrected chi connectivity index (χ1v) is 14.2. The highest BCUT2D eigenvalue weighted by molar-refractivity contribution is 7.89. The quantitative estimate of drug-likeness (QED) is 0.523. The first-order valence-electron chi connectivity index (χ1n) is 12.7. The third kappa shape index (κ3) is 6.21. The number of aromatic nitrogens is 1. The summed E-state index contributed by atoms with van der Waals surface area (Å²) >= 11 is 0. The van der Waals surface area contributed by atoms with Gasteiger partial charge in [-0.2, -0.15) is 13.2 Å². The number of hydrogen-bond donors (Lipinski definition) is 2. The second-order valence-electron chi connectivity index (χ2n) is 9.92. The summed E-state index contributed by atoms with van der Waals surface area (Å²) in [4.78, 5) is 12.4. The van der Waals surface area contributed by atoms with Gasteiger partial charge in [-0.25, -0.2) is 13.1 Å². The zero-order chi connectivity index (χ0) is 26.8. The highest BCUT2D eigenvalue weighted by Crippen LogP contribution is 2.38. The molecule has 0 atom stereocenters. The van der Waals surface area contributed by atoms with Crippen LogP contribution in [0.4, 0.5) is 13.2 Å². The van der Waals surface area contributed by atoms with Crippen molar-refractivity contribution in [3.05, 3.63) is 41.1 Å². The van der Waals surface area contributed by atoms with Crippen LogP contribution in [-0.4, -0.2) is 45.2 Å². The molecule has 0 unspecified atom stereocenters. The van der Waals surface area contributed by atoms with E-state index in [-0.39, 0.29) is 17.5 Å². The molecule has 0 radical (unpaired) electrons. The minimum absolute atomic E-state index is 0.0198. The number of alkyl halides is 3. The molecule has 2 aliphatic rings. The van der Waals surface area contributed by atoms with E-state index in [2.05, 4.69) is 5.32 Å². The van der Waals surface area contributed by atoms with Gasteiger partial charge in [0.1, 0.15) is 0 Å². The summed E-state index contributed by atoms with van der Waals surface area (Å²) in [5.74, 6) is 0.0921. The van der Waals surface area contributed by atoms with Crippen LogP contribution in [0.15, 0.2) is 29.2 Å². The fourth-order valence-electron chi connectivity index (χ4n) is 5.34. The zero-order valence-electron chi connectivity index (χ0n) is 21.2. The van der Waals surface area contributed by atoms with Crippen LogP contribution in [0, 0.1) is 12.8 Å². The number of carbonyl (C=O) groups excluding carboxylic acids is 1. The molecule has 0 bridgehead atoms. The summed E-state index contributed by atoms with van der Waals surface area (Å²) in [5, 5.41) is 3.04. The Morgan fingerprint density at radius 1 is 1.08 bits per heavy atom. The molecule has 4 rings (SSSR count). The topological polar surface area (TPSA) is 89.4 Å². The van der Waals surface area contributed by atoms with E-state index in [0.717, 1.165) is 44.9 Å². The summed E-state index contributed by atoms with van der Waals surface area (Å²) in [6, 6.07) is 4.85. The van der Waals surface area contributed by atoms with Gasteiger partial charge in [0.25, 0.3) is 5.91 Å². The van der Waals surface area contributed by atoms with Gasteiger partial charge in [-0.3, -0.25) is 4.79 Å². The van der Waals surface area contributed by atoms with Crippen molar-refractivity contribution in [2.75, 3.05) is 20.3 Å². The molecule has 11 heteroatoms. The highest BCUT2D eigenvalue weighted by atomic mass is 32.2. The van der Waals surface area contributed by atoms with Crippen LogP contribution in [0.25, 0.3) is 11.3 Å². The van der Waals surface area contributed by atoms with E-state index in [4.69, 9.17) is 4.74 Å². The Hall–Kier alpha value is -2.37.